The first-order valence-electron chi connectivity index (χ1n) is 9.46. The molecule has 1 unspecified atom stereocenters. The third kappa shape index (κ3) is 4.92. The minimum Gasteiger partial charge on any atom is -0.485 e. The van der Waals surface area contributed by atoms with Crippen molar-refractivity contribution in [3.63, 3.8) is 0 Å². The van der Waals surface area contributed by atoms with Gasteiger partial charge in [-0.2, -0.15) is 0 Å². The lowest BCUT2D eigenvalue weighted by atomic mass is 10.3. The Bertz CT molecular complexity index is 962. The molecule has 1 saturated heterocycles. The summed E-state index contributed by atoms with van der Waals surface area (Å²) in [5.74, 6) is 0.883. The molecule has 4 rings (SSSR count). The van der Waals surface area contributed by atoms with E-state index in [4.69, 9.17) is 19.0 Å². The van der Waals surface area contributed by atoms with E-state index in [-0.39, 0.29) is 6.61 Å². The highest BCUT2D eigenvalue weighted by molar-refractivity contribution is 7.16. The number of aromatic nitrogens is 2. The van der Waals surface area contributed by atoms with Crippen LogP contribution in [0.15, 0.2) is 28.8 Å². The highest BCUT2D eigenvalue weighted by Gasteiger charge is 2.14. The molecular formula is C20H22FN3O4S. The number of nitrogens with zero attached hydrogens (tertiary/aromatic N) is 3. The Labute approximate surface area is 171 Å². The Morgan fingerprint density at radius 1 is 1.31 bits per heavy atom. The van der Waals surface area contributed by atoms with Crippen molar-refractivity contribution in [1.29, 1.82) is 0 Å². The molecule has 3 aromatic rings. The largest absolute Gasteiger partial charge is 0.485 e. The number of hydrogen-bond donors (Lipinski definition) is 1. The van der Waals surface area contributed by atoms with Gasteiger partial charge in [0.1, 0.15) is 24.0 Å². The quantitative estimate of drug-likeness (QED) is 0.629. The van der Waals surface area contributed by atoms with Gasteiger partial charge in [0.05, 0.1) is 13.2 Å². The Morgan fingerprint density at radius 2 is 2.24 bits per heavy atom. The molecule has 1 aromatic carbocycles. The molecule has 9 heteroatoms. The van der Waals surface area contributed by atoms with Crippen LogP contribution in [0, 0.1) is 0 Å². The molecule has 0 bridgehead atoms. The summed E-state index contributed by atoms with van der Waals surface area (Å²) < 4.78 is 29.3. The van der Waals surface area contributed by atoms with Crippen LogP contribution in [0.3, 0.4) is 0 Å². The number of anilines is 1. The van der Waals surface area contributed by atoms with Crippen molar-refractivity contribution in [3.8, 4) is 5.75 Å². The van der Waals surface area contributed by atoms with Crippen molar-refractivity contribution in [1.82, 2.24) is 9.97 Å². The Kier molecular flexibility index (Phi) is 6.38. The molecular weight excluding hydrogens is 397 g/mol. The van der Waals surface area contributed by atoms with Gasteiger partial charge in [-0.05, 0) is 24.6 Å². The van der Waals surface area contributed by atoms with Gasteiger partial charge in [-0.1, -0.05) is 11.3 Å². The topological polar surface area (TPSA) is 80.9 Å². The summed E-state index contributed by atoms with van der Waals surface area (Å²) in [6.45, 7) is 2.18. The van der Waals surface area contributed by atoms with E-state index in [0.717, 1.165) is 42.7 Å². The van der Waals surface area contributed by atoms with Crippen molar-refractivity contribution in [3.05, 3.63) is 35.2 Å². The molecule has 0 radical (unpaired) electrons. The summed E-state index contributed by atoms with van der Waals surface area (Å²) in [5.41, 5.74) is 1.21. The van der Waals surface area contributed by atoms with Crippen molar-refractivity contribution in [2.75, 3.05) is 44.5 Å². The van der Waals surface area contributed by atoms with E-state index in [1.54, 1.807) is 35.6 Å². The van der Waals surface area contributed by atoms with Crippen LogP contribution in [-0.4, -0.2) is 60.8 Å². The van der Waals surface area contributed by atoms with Gasteiger partial charge in [0.15, 0.2) is 10.7 Å². The van der Waals surface area contributed by atoms with Crippen molar-refractivity contribution >= 4 is 39.7 Å². The van der Waals surface area contributed by atoms with Crippen LogP contribution in [-0.2, 0) is 4.74 Å². The monoisotopic (exact) mass is 419 g/mol. The maximum Gasteiger partial charge on any atom is 0.220 e. The molecule has 3 heterocycles. The van der Waals surface area contributed by atoms with E-state index in [0.29, 0.717) is 22.7 Å². The Balaban J connectivity index is 1.45. The number of hydrogen-bond acceptors (Lipinski definition) is 8. The van der Waals surface area contributed by atoms with E-state index < -0.39 is 12.8 Å². The lowest BCUT2D eigenvalue weighted by Gasteiger charge is -2.17. The number of oxazole rings is 1. The molecule has 0 spiro atoms. The number of aliphatic hydroxyl groups is 1. The van der Waals surface area contributed by atoms with Gasteiger partial charge < -0.3 is 23.9 Å². The summed E-state index contributed by atoms with van der Waals surface area (Å²) in [6, 6.07) is 5.06. The molecule has 0 saturated carbocycles. The standard InChI is InChI=1S/C20H22FN3O4S/c21-11-15(13-25)27-14-2-4-17-18(10-14)28-19(23-17)5-3-16-12-22-20(29-16)24-6-1-8-26-9-7-24/h2-5,10,12,15,25H,1,6-9,11,13H2/b5-3+. The van der Waals surface area contributed by atoms with Gasteiger partial charge in [0.2, 0.25) is 5.89 Å². The molecule has 1 aliphatic rings. The SMILES string of the molecule is OCC(CF)Oc1ccc2nc(/C=C/c3cnc(N4CCCOCC4)s3)oc2c1. The number of aliphatic hydroxyl groups excluding tert-OH is 1. The van der Waals surface area contributed by atoms with Crippen LogP contribution >= 0.6 is 11.3 Å². The zero-order valence-electron chi connectivity index (χ0n) is 15.8. The Hall–Kier alpha value is -2.49. The van der Waals surface area contributed by atoms with Gasteiger partial charge in [-0.25, -0.2) is 14.4 Å². The third-order valence-electron chi connectivity index (χ3n) is 4.45. The Morgan fingerprint density at radius 3 is 3.10 bits per heavy atom. The van der Waals surface area contributed by atoms with E-state index in [1.807, 2.05) is 12.3 Å². The molecule has 154 valence electrons. The van der Waals surface area contributed by atoms with Crippen molar-refractivity contribution in [2.45, 2.75) is 12.5 Å². The van der Waals surface area contributed by atoms with Crippen molar-refractivity contribution < 1.29 is 23.4 Å². The predicted molar refractivity (Wildman–Crippen MR) is 110 cm³/mol. The molecule has 1 atom stereocenters. The van der Waals surface area contributed by atoms with Crippen molar-refractivity contribution in [2.24, 2.45) is 0 Å². The van der Waals surface area contributed by atoms with E-state index in [1.165, 1.54) is 0 Å². The first-order chi connectivity index (χ1) is 14.2. The third-order valence-corrected chi connectivity index (χ3v) is 5.47. The van der Waals surface area contributed by atoms with Crippen LogP contribution in [0.4, 0.5) is 9.52 Å². The average molecular weight is 419 g/mol. The summed E-state index contributed by atoms with van der Waals surface area (Å²) in [6.07, 6.45) is 5.67. The van der Waals surface area contributed by atoms with Gasteiger partial charge >= 0.3 is 0 Å². The lowest BCUT2D eigenvalue weighted by Crippen LogP contribution is -2.25. The second kappa shape index (κ2) is 9.34. The predicted octanol–water partition coefficient (Wildman–Crippen LogP) is 3.39. The fraction of sp³-hybridized carbons (Fsp3) is 0.400. The summed E-state index contributed by atoms with van der Waals surface area (Å²) in [4.78, 5) is 12.2. The summed E-state index contributed by atoms with van der Waals surface area (Å²) in [5, 5.41) is 10.0. The molecule has 0 aliphatic carbocycles. The molecule has 29 heavy (non-hydrogen) atoms. The minimum absolute atomic E-state index is 0.389. The maximum absolute atomic E-state index is 12.7. The smallest absolute Gasteiger partial charge is 0.220 e. The highest BCUT2D eigenvalue weighted by Crippen LogP contribution is 2.26. The maximum atomic E-state index is 12.7. The van der Waals surface area contributed by atoms with Crippen LogP contribution in [0.1, 0.15) is 17.2 Å². The number of benzene rings is 1. The van der Waals surface area contributed by atoms with Crippen LogP contribution in [0.25, 0.3) is 23.3 Å². The second-order valence-corrected chi connectivity index (χ2v) is 7.63. The van der Waals surface area contributed by atoms with Gasteiger partial charge in [-0.3, -0.25) is 0 Å². The van der Waals surface area contributed by atoms with Crippen LogP contribution < -0.4 is 9.64 Å². The van der Waals surface area contributed by atoms with E-state index in [9.17, 15) is 4.39 Å². The molecule has 1 N–H and O–H groups in total. The number of alkyl halides is 1. The highest BCUT2D eigenvalue weighted by atomic mass is 32.1. The minimum atomic E-state index is -0.883. The molecule has 0 amide bonds. The first-order valence-corrected chi connectivity index (χ1v) is 10.3. The van der Waals surface area contributed by atoms with Gasteiger partial charge in [0.25, 0.3) is 0 Å². The van der Waals surface area contributed by atoms with Crippen LogP contribution in [0.2, 0.25) is 0 Å². The first kappa shape index (κ1) is 19.8. The van der Waals surface area contributed by atoms with Gasteiger partial charge in [-0.15, -0.1) is 0 Å². The van der Waals surface area contributed by atoms with Crippen LogP contribution in [0.5, 0.6) is 5.75 Å². The molecule has 7 nitrogen and oxygen atoms in total. The number of rotatable bonds is 7. The van der Waals surface area contributed by atoms with E-state index >= 15 is 0 Å². The number of fused-ring (bicyclic) bond motifs is 1. The zero-order chi connectivity index (χ0) is 20.1. The zero-order valence-corrected chi connectivity index (χ0v) is 16.6. The summed E-state index contributed by atoms with van der Waals surface area (Å²) in [7, 11) is 0. The molecule has 1 fully saturated rings. The number of ether oxygens (including phenoxy) is 2. The average Bonchev–Trinajstić information content (AvgIpc) is 3.28. The fourth-order valence-corrected chi connectivity index (χ4v) is 3.84. The van der Waals surface area contributed by atoms with E-state index in [2.05, 4.69) is 14.9 Å². The van der Waals surface area contributed by atoms with Gasteiger partial charge in [0, 0.05) is 42.9 Å². The molecule has 2 aromatic heterocycles. The number of thiazole rings is 1. The summed E-state index contributed by atoms with van der Waals surface area (Å²) >= 11 is 1.61. The lowest BCUT2D eigenvalue weighted by molar-refractivity contribution is 0.0932. The normalized spacial score (nSPS) is 16.4. The molecule has 1 aliphatic heterocycles. The number of halogens is 1. The second-order valence-electron chi connectivity index (χ2n) is 6.59. The fourth-order valence-electron chi connectivity index (χ4n) is 2.97.